The predicted octanol–water partition coefficient (Wildman–Crippen LogP) is 1.98. The van der Waals surface area contributed by atoms with Crippen LogP contribution in [0.25, 0.3) is 0 Å². The minimum absolute atomic E-state index is 0.0226. The molecule has 1 aliphatic rings. The van der Waals surface area contributed by atoms with Crippen LogP contribution < -0.4 is 11.1 Å². The van der Waals surface area contributed by atoms with Gasteiger partial charge in [-0.25, -0.2) is 0 Å². The van der Waals surface area contributed by atoms with E-state index in [2.05, 4.69) is 25.2 Å². The van der Waals surface area contributed by atoms with E-state index < -0.39 is 0 Å². The Hall–Kier alpha value is -1.00. The monoisotopic (exact) mass is 264 g/mol. The first-order valence-corrected chi connectivity index (χ1v) is 7.33. The number of hydrogen-bond donors (Lipinski definition) is 2. The number of carbonyl (C=O) groups is 1. The molecule has 1 aliphatic heterocycles. The predicted molar refractivity (Wildman–Crippen MR) is 75.7 cm³/mol. The number of thioether (sulfide) groups is 1. The van der Waals surface area contributed by atoms with Gasteiger partial charge in [0.2, 0.25) is 5.91 Å². The standard InChI is InChI=1S/C14H20N2OS/c1-9(2)12(15)7-16-14(17)11-8-18-13-6-4-3-5-10(11)13/h3-6,9,11-12H,7-8,15H2,1-2H3,(H,16,17). The molecule has 2 rings (SSSR count). The summed E-state index contributed by atoms with van der Waals surface area (Å²) < 4.78 is 0. The maximum Gasteiger partial charge on any atom is 0.228 e. The molecule has 1 amide bonds. The lowest BCUT2D eigenvalue weighted by Crippen LogP contribution is -2.42. The topological polar surface area (TPSA) is 55.1 Å². The Kier molecular flexibility index (Phi) is 4.30. The van der Waals surface area contributed by atoms with E-state index in [1.165, 1.54) is 4.90 Å². The normalized spacial score (nSPS) is 19.7. The van der Waals surface area contributed by atoms with E-state index in [-0.39, 0.29) is 17.9 Å². The second-order valence-electron chi connectivity index (χ2n) is 5.05. The summed E-state index contributed by atoms with van der Waals surface area (Å²) in [6.45, 7) is 4.69. The summed E-state index contributed by atoms with van der Waals surface area (Å²) in [5.74, 6) is 1.30. The number of nitrogens with one attached hydrogen (secondary N) is 1. The van der Waals surface area contributed by atoms with Gasteiger partial charge in [-0.3, -0.25) is 4.79 Å². The molecule has 0 radical (unpaired) electrons. The van der Waals surface area contributed by atoms with E-state index >= 15 is 0 Å². The minimum Gasteiger partial charge on any atom is -0.354 e. The van der Waals surface area contributed by atoms with Crippen molar-refractivity contribution in [1.82, 2.24) is 5.32 Å². The first-order valence-electron chi connectivity index (χ1n) is 6.34. The molecule has 4 heteroatoms. The third kappa shape index (κ3) is 2.87. The maximum absolute atomic E-state index is 12.2. The average molecular weight is 264 g/mol. The van der Waals surface area contributed by atoms with Crippen molar-refractivity contribution < 1.29 is 4.79 Å². The minimum atomic E-state index is -0.0226. The van der Waals surface area contributed by atoms with Crippen molar-refractivity contribution in [2.24, 2.45) is 11.7 Å². The zero-order valence-electron chi connectivity index (χ0n) is 10.8. The lowest BCUT2D eigenvalue weighted by molar-refractivity contribution is -0.122. The molecule has 1 heterocycles. The molecule has 0 aromatic heterocycles. The number of carbonyl (C=O) groups excluding carboxylic acids is 1. The van der Waals surface area contributed by atoms with Crippen LogP contribution in [-0.2, 0) is 4.79 Å². The molecular weight excluding hydrogens is 244 g/mol. The van der Waals surface area contributed by atoms with Crippen molar-refractivity contribution in [1.29, 1.82) is 0 Å². The molecule has 2 atom stereocenters. The highest BCUT2D eigenvalue weighted by Crippen LogP contribution is 2.39. The molecule has 3 nitrogen and oxygen atoms in total. The highest BCUT2D eigenvalue weighted by Gasteiger charge is 2.28. The van der Waals surface area contributed by atoms with Gasteiger partial charge in [0.25, 0.3) is 0 Å². The van der Waals surface area contributed by atoms with Crippen LogP contribution in [0.4, 0.5) is 0 Å². The molecule has 0 saturated carbocycles. The zero-order chi connectivity index (χ0) is 13.1. The summed E-state index contributed by atoms with van der Waals surface area (Å²) in [5, 5.41) is 2.97. The van der Waals surface area contributed by atoms with Gasteiger partial charge >= 0.3 is 0 Å². The van der Waals surface area contributed by atoms with Gasteiger partial charge in [0.15, 0.2) is 0 Å². The van der Waals surface area contributed by atoms with E-state index in [9.17, 15) is 4.79 Å². The Labute approximate surface area is 113 Å². The summed E-state index contributed by atoms with van der Waals surface area (Å²) in [4.78, 5) is 13.4. The fourth-order valence-corrected chi connectivity index (χ4v) is 3.19. The summed E-state index contributed by atoms with van der Waals surface area (Å²) in [6, 6.07) is 8.15. The molecule has 1 aromatic rings. The largest absolute Gasteiger partial charge is 0.354 e. The van der Waals surface area contributed by atoms with Crippen LogP contribution in [0.5, 0.6) is 0 Å². The molecular formula is C14H20N2OS. The van der Waals surface area contributed by atoms with Gasteiger partial charge in [-0.05, 0) is 17.5 Å². The SMILES string of the molecule is CC(C)C(N)CNC(=O)C1CSc2ccccc21. The van der Waals surface area contributed by atoms with Crippen LogP contribution in [0.3, 0.4) is 0 Å². The summed E-state index contributed by atoms with van der Waals surface area (Å²) in [5.41, 5.74) is 7.09. The molecule has 1 aromatic carbocycles. The molecule has 98 valence electrons. The third-order valence-electron chi connectivity index (χ3n) is 3.38. The summed E-state index contributed by atoms with van der Waals surface area (Å²) in [7, 11) is 0. The second kappa shape index (κ2) is 5.76. The van der Waals surface area contributed by atoms with Gasteiger partial charge in [-0.1, -0.05) is 32.0 Å². The Bertz CT molecular complexity index is 434. The first kappa shape index (κ1) is 13.4. The maximum atomic E-state index is 12.2. The molecule has 0 bridgehead atoms. The molecule has 0 spiro atoms. The first-order chi connectivity index (χ1) is 8.59. The number of amides is 1. The van der Waals surface area contributed by atoms with E-state index in [0.29, 0.717) is 12.5 Å². The smallest absolute Gasteiger partial charge is 0.228 e. The van der Waals surface area contributed by atoms with Crippen LogP contribution in [0.2, 0.25) is 0 Å². The van der Waals surface area contributed by atoms with E-state index in [1.54, 1.807) is 11.8 Å². The molecule has 2 unspecified atom stereocenters. The lowest BCUT2D eigenvalue weighted by Gasteiger charge is -2.18. The molecule has 3 N–H and O–H groups in total. The fourth-order valence-electron chi connectivity index (χ4n) is 1.96. The highest BCUT2D eigenvalue weighted by atomic mass is 32.2. The van der Waals surface area contributed by atoms with E-state index in [1.807, 2.05) is 18.2 Å². The summed E-state index contributed by atoms with van der Waals surface area (Å²) in [6.07, 6.45) is 0. The number of rotatable bonds is 4. The van der Waals surface area contributed by atoms with Crippen molar-refractivity contribution in [3.8, 4) is 0 Å². The van der Waals surface area contributed by atoms with Crippen molar-refractivity contribution in [3.63, 3.8) is 0 Å². The van der Waals surface area contributed by atoms with Crippen molar-refractivity contribution >= 4 is 17.7 Å². The van der Waals surface area contributed by atoms with Crippen LogP contribution >= 0.6 is 11.8 Å². The fraction of sp³-hybridized carbons (Fsp3) is 0.500. The average Bonchev–Trinajstić information content (AvgIpc) is 2.79. The number of fused-ring (bicyclic) bond motifs is 1. The highest BCUT2D eigenvalue weighted by molar-refractivity contribution is 7.99. The molecule has 0 saturated heterocycles. The molecule has 0 aliphatic carbocycles. The second-order valence-corrected chi connectivity index (χ2v) is 6.12. The Morgan fingerprint density at radius 3 is 2.94 bits per heavy atom. The van der Waals surface area contributed by atoms with Gasteiger partial charge < -0.3 is 11.1 Å². The van der Waals surface area contributed by atoms with Crippen LogP contribution in [0.15, 0.2) is 29.2 Å². The van der Waals surface area contributed by atoms with Gasteiger partial charge in [0, 0.05) is 23.2 Å². The molecule has 18 heavy (non-hydrogen) atoms. The van der Waals surface area contributed by atoms with Gasteiger partial charge in [-0.2, -0.15) is 0 Å². The van der Waals surface area contributed by atoms with Gasteiger partial charge in [-0.15, -0.1) is 11.8 Å². The Balaban J connectivity index is 1.95. The van der Waals surface area contributed by atoms with Crippen molar-refractivity contribution in [2.75, 3.05) is 12.3 Å². The lowest BCUT2D eigenvalue weighted by atomic mass is 10.00. The van der Waals surface area contributed by atoms with Crippen LogP contribution in [-0.4, -0.2) is 24.2 Å². The number of hydrogen-bond acceptors (Lipinski definition) is 3. The summed E-state index contributed by atoms with van der Waals surface area (Å²) >= 11 is 1.75. The van der Waals surface area contributed by atoms with Gasteiger partial charge in [0.1, 0.15) is 0 Å². The zero-order valence-corrected chi connectivity index (χ0v) is 11.7. The Morgan fingerprint density at radius 2 is 2.22 bits per heavy atom. The number of benzene rings is 1. The van der Waals surface area contributed by atoms with Gasteiger partial charge in [0.05, 0.1) is 5.92 Å². The molecule has 0 fully saturated rings. The Morgan fingerprint density at radius 1 is 1.50 bits per heavy atom. The number of nitrogens with two attached hydrogens (primary N) is 1. The van der Waals surface area contributed by atoms with E-state index in [4.69, 9.17) is 5.73 Å². The third-order valence-corrected chi connectivity index (χ3v) is 4.57. The van der Waals surface area contributed by atoms with Crippen LogP contribution in [0, 0.1) is 5.92 Å². The van der Waals surface area contributed by atoms with Crippen molar-refractivity contribution in [3.05, 3.63) is 29.8 Å². The van der Waals surface area contributed by atoms with E-state index in [0.717, 1.165) is 11.3 Å². The van der Waals surface area contributed by atoms with Crippen LogP contribution in [0.1, 0.15) is 25.3 Å². The van der Waals surface area contributed by atoms with Crippen molar-refractivity contribution in [2.45, 2.75) is 30.7 Å². The quantitative estimate of drug-likeness (QED) is 0.874.